The number of carbonyl (C=O) groups is 2. The number of rotatable bonds is 5. The molecule has 1 aromatic heterocycles. The molecule has 2 amide bonds. The Labute approximate surface area is 205 Å². The van der Waals surface area contributed by atoms with Crippen molar-refractivity contribution in [1.29, 1.82) is 0 Å². The number of aromatic nitrogens is 1. The zero-order chi connectivity index (χ0) is 24.2. The standard InChI is InChI=1S/C29H30N4O2/c1-29(2)28(35)33(18-19-13-15-32(17-19)27(34)22-9-10-22)26(31-29)21-7-5-20(6-8-21)23-11-12-25-24(16-23)4-3-14-30-25/h3-8,11-12,14,16,19,22H,9-10,13,15,17-18H2,1-2H3. The Balaban J connectivity index is 1.22. The highest BCUT2D eigenvalue weighted by atomic mass is 16.2. The van der Waals surface area contributed by atoms with E-state index in [0.717, 1.165) is 65.8 Å². The minimum atomic E-state index is -0.776. The topological polar surface area (TPSA) is 65.9 Å². The van der Waals surface area contributed by atoms with Gasteiger partial charge >= 0.3 is 0 Å². The normalized spacial score (nSPS) is 21.6. The number of aliphatic imine (C=N–C) groups is 1. The first-order valence-corrected chi connectivity index (χ1v) is 12.6. The third kappa shape index (κ3) is 4.11. The van der Waals surface area contributed by atoms with E-state index in [4.69, 9.17) is 4.99 Å². The smallest absolute Gasteiger partial charge is 0.255 e. The molecule has 3 aliphatic rings. The molecule has 1 saturated carbocycles. The highest BCUT2D eigenvalue weighted by Gasteiger charge is 2.43. The summed E-state index contributed by atoms with van der Waals surface area (Å²) in [7, 11) is 0. The molecular formula is C29H30N4O2. The Morgan fingerprint density at radius 3 is 2.51 bits per heavy atom. The molecule has 35 heavy (non-hydrogen) atoms. The molecule has 1 saturated heterocycles. The molecule has 3 aromatic rings. The highest BCUT2D eigenvalue weighted by molar-refractivity contribution is 6.15. The molecule has 1 unspecified atom stereocenters. The van der Waals surface area contributed by atoms with Crippen LogP contribution in [0.1, 0.15) is 38.7 Å². The number of likely N-dealkylation sites (tertiary alicyclic amines) is 1. The molecule has 1 aliphatic carbocycles. The zero-order valence-electron chi connectivity index (χ0n) is 20.3. The molecule has 3 heterocycles. The number of nitrogens with zero attached hydrogens (tertiary/aromatic N) is 4. The average molecular weight is 467 g/mol. The van der Waals surface area contributed by atoms with Crippen LogP contribution in [0.25, 0.3) is 22.0 Å². The van der Waals surface area contributed by atoms with Crippen molar-refractivity contribution >= 4 is 28.6 Å². The van der Waals surface area contributed by atoms with Gasteiger partial charge in [0.15, 0.2) is 0 Å². The molecule has 2 aliphatic heterocycles. The van der Waals surface area contributed by atoms with Crippen LogP contribution in [0.3, 0.4) is 0 Å². The van der Waals surface area contributed by atoms with Gasteiger partial charge < -0.3 is 4.90 Å². The van der Waals surface area contributed by atoms with Gasteiger partial charge in [0.1, 0.15) is 11.4 Å². The maximum Gasteiger partial charge on any atom is 0.255 e. The average Bonchev–Trinajstić information content (AvgIpc) is 3.58. The Morgan fingerprint density at radius 2 is 1.74 bits per heavy atom. The predicted octanol–water partition coefficient (Wildman–Crippen LogP) is 4.53. The van der Waals surface area contributed by atoms with Crippen LogP contribution in [-0.2, 0) is 9.59 Å². The van der Waals surface area contributed by atoms with Crippen molar-refractivity contribution in [2.24, 2.45) is 16.8 Å². The summed E-state index contributed by atoms with van der Waals surface area (Å²) in [5, 5.41) is 1.11. The molecule has 0 spiro atoms. The number of amidine groups is 1. The molecule has 178 valence electrons. The zero-order valence-corrected chi connectivity index (χ0v) is 20.3. The van der Waals surface area contributed by atoms with Crippen LogP contribution in [0.15, 0.2) is 65.8 Å². The fourth-order valence-corrected chi connectivity index (χ4v) is 5.28. The Hall–Kier alpha value is -3.54. The van der Waals surface area contributed by atoms with Crippen molar-refractivity contribution in [2.45, 2.75) is 38.6 Å². The van der Waals surface area contributed by atoms with E-state index < -0.39 is 5.54 Å². The molecule has 6 nitrogen and oxygen atoms in total. The van der Waals surface area contributed by atoms with Crippen LogP contribution >= 0.6 is 0 Å². The molecular weight excluding hydrogens is 436 g/mol. The van der Waals surface area contributed by atoms with Crippen molar-refractivity contribution in [1.82, 2.24) is 14.8 Å². The number of benzene rings is 2. The van der Waals surface area contributed by atoms with Crippen molar-refractivity contribution in [3.8, 4) is 11.1 Å². The summed E-state index contributed by atoms with van der Waals surface area (Å²) in [6.07, 6.45) is 4.80. The second-order valence-electron chi connectivity index (χ2n) is 10.6. The quantitative estimate of drug-likeness (QED) is 0.555. The lowest BCUT2D eigenvalue weighted by atomic mass is 10.0. The van der Waals surface area contributed by atoms with E-state index in [-0.39, 0.29) is 17.7 Å². The first-order chi connectivity index (χ1) is 16.9. The Bertz CT molecular complexity index is 1340. The second kappa shape index (κ2) is 8.29. The van der Waals surface area contributed by atoms with Gasteiger partial charge in [-0.2, -0.15) is 0 Å². The van der Waals surface area contributed by atoms with Crippen molar-refractivity contribution < 1.29 is 9.59 Å². The van der Waals surface area contributed by atoms with Crippen molar-refractivity contribution in [3.05, 3.63) is 66.4 Å². The monoisotopic (exact) mass is 466 g/mol. The van der Waals surface area contributed by atoms with E-state index in [1.165, 1.54) is 0 Å². The number of carbonyl (C=O) groups excluding carboxylic acids is 2. The lowest BCUT2D eigenvalue weighted by molar-refractivity contribution is -0.131. The van der Waals surface area contributed by atoms with Gasteiger partial charge in [-0.1, -0.05) is 36.4 Å². The number of fused-ring (bicyclic) bond motifs is 1. The van der Waals surface area contributed by atoms with Crippen LogP contribution < -0.4 is 0 Å². The summed E-state index contributed by atoms with van der Waals surface area (Å²) in [4.78, 5) is 38.8. The van der Waals surface area contributed by atoms with E-state index in [9.17, 15) is 9.59 Å². The third-order valence-corrected chi connectivity index (χ3v) is 7.45. The predicted molar refractivity (Wildman–Crippen MR) is 137 cm³/mol. The summed E-state index contributed by atoms with van der Waals surface area (Å²) < 4.78 is 0. The SMILES string of the molecule is CC1(C)N=C(c2ccc(-c3ccc4ncccc4c3)cc2)N(CC2CCN(C(=O)C3CC3)C2)C1=O. The van der Waals surface area contributed by atoms with Gasteiger partial charge in [0, 0.05) is 42.7 Å². The van der Waals surface area contributed by atoms with Gasteiger partial charge in [-0.3, -0.25) is 24.5 Å². The number of amides is 2. The fourth-order valence-electron chi connectivity index (χ4n) is 5.28. The number of hydrogen-bond acceptors (Lipinski definition) is 4. The lowest BCUT2D eigenvalue weighted by Gasteiger charge is -2.24. The van der Waals surface area contributed by atoms with Crippen LogP contribution in [0.5, 0.6) is 0 Å². The van der Waals surface area contributed by atoms with E-state index in [0.29, 0.717) is 12.5 Å². The largest absolute Gasteiger partial charge is 0.342 e. The highest BCUT2D eigenvalue weighted by Crippen LogP contribution is 2.34. The first kappa shape index (κ1) is 22.0. The Kier molecular flexibility index (Phi) is 5.20. The number of hydrogen-bond donors (Lipinski definition) is 0. The summed E-state index contributed by atoms with van der Waals surface area (Å²) in [6.45, 7) is 5.90. The summed E-state index contributed by atoms with van der Waals surface area (Å²) >= 11 is 0. The summed E-state index contributed by atoms with van der Waals surface area (Å²) in [5.41, 5.74) is 3.39. The Morgan fingerprint density at radius 1 is 1.00 bits per heavy atom. The molecule has 0 radical (unpaired) electrons. The first-order valence-electron chi connectivity index (χ1n) is 12.6. The van der Waals surface area contributed by atoms with E-state index >= 15 is 0 Å². The molecule has 1 atom stereocenters. The van der Waals surface area contributed by atoms with Gasteiger partial charge in [-0.05, 0) is 68.4 Å². The van der Waals surface area contributed by atoms with E-state index in [1.54, 1.807) is 0 Å². The van der Waals surface area contributed by atoms with Gasteiger partial charge in [-0.25, -0.2) is 0 Å². The van der Waals surface area contributed by atoms with E-state index in [2.05, 4.69) is 47.4 Å². The van der Waals surface area contributed by atoms with Crippen molar-refractivity contribution in [2.75, 3.05) is 19.6 Å². The van der Waals surface area contributed by atoms with Gasteiger partial charge in [0.2, 0.25) is 5.91 Å². The molecule has 6 rings (SSSR count). The minimum Gasteiger partial charge on any atom is -0.342 e. The second-order valence-corrected chi connectivity index (χ2v) is 10.6. The maximum atomic E-state index is 13.3. The van der Waals surface area contributed by atoms with Crippen molar-refractivity contribution in [3.63, 3.8) is 0 Å². The van der Waals surface area contributed by atoms with Gasteiger partial charge in [-0.15, -0.1) is 0 Å². The molecule has 0 N–H and O–H groups in total. The third-order valence-electron chi connectivity index (χ3n) is 7.45. The maximum absolute atomic E-state index is 13.3. The van der Waals surface area contributed by atoms with Crippen LogP contribution in [0.4, 0.5) is 0 Å². The van der Waals surface area contributed by atoms with Crippen LogP contribution in [0.2, 0.25) is 0 Å². The van der Waals surface area contributed by atoms with E-state index in [1.807, 2.05) is 42.0 Å². The summed E-state index contributed by atoms with van der Waals surface area (Å²) in [5.74, 6) is 1.60. The van der Waals surface area contributed by atoms with Gasteiger partial charge in [0.25, 0.3) is 5.91 Å². The summed E-state index contributed by atoms with van der Waals surface area (Å²) in [6, 6.07) is 18.6. The fraction of sp³-hybridized carbons (Fsp3) is 0.379. The minimum absolute atomic E-state index is 0.0329. The molecule has 2 fully saturated rings. The van der Waals surface area contributed by atoms with Crippen LogP contribution in [0, 0.1) is 11.8 Å². The lowest BCUT2D eigenvalue weighted by Crippen LogP contribution is -2.42. The number of pyridine rings is 1. The van der Waals surface area contributed by atoms with Crippen LogP contribution in [-0.4, -0.2) is 57.6 Å². The molecule has 0 bridgehead atoms. The molecule has 2 aromatic carbocycles. The van der Waals surface area contributed by atoms with Gasteiger partial charge in [0.05, 0.1) is 5.52 Å². The molecule has 6 heteroatoms.